The second-order valence-corrected chi connectivity index (χ2v) is 8.17. The van der Waals surface area contributed by atoms with Crippen molar-refractivity contribution < 1.29 is 28.2 Å². The molecular weight excluding hydrogens is 409 g/mol. The summed E-state index contributed by atoms with van der Waals surface area (Å²) in [7, 11) is 0. The molecule has 5 nitrogen and oxygen atoms in total. The van der Waals surface area contributed by atoms with Crippen LogP contribution < -0.4 is 5.73 Å². The highest BCUT2D eigenvalue weighted by molar-refractivity contribution is 6.31. The van der Waals surface area contributed by atoms with Crippen molar-refractivity contribution in [3.63, 3.8) is 0 Å². The molecule has 29 heavy (non-hydrogen) atoms. The van der Waals surface area contributed by atoms with Crippen LogP contribution in [0.1, 0.15) is 36.9 Å². The predicted molar refractivity (Wildman–Crippen MR) is 98.4 cm³/mol. The number of amides is 1. The van der Waals surface area contributed by atoms with E-state index in [4.69, 9.17) is 17.3 Å². The number of primary amides is 1. The van der Waals surface area contributed by atoms with Gasteiger partial charge in [0, 0.05) is 17.2 Å². The number of rotatable bonds is 6. The zero-order valence-electron chi connectivity index (χ0n) is 15.2. The van der Waals surface area contributed by atoms with Crippen LogP contribution >= 0.6 is 11.6 Å². The number of benzene rings is 1. The molecule has 1 aromatic carbocycles. The van der Waals surface area contributed by atoms with Crippen LogP contribution in [0.2, 0.25) is 5.02 Å². The number of carbonyl (C=O) groups excluding carboxylic acids is 1. The average Bonchev–Trinajstić information content (AvgIpc) is 3.56. The smallest absolute Gasteiger partial charge is 0.228 e. The lowest BCUT2D eigenvalue weighted by molar-refractivity contribution is -0.120. The quantitative estimate of drug-likeness (QED) is 0.619. The Labute approximate surface area is 169 Å². The minimum Gasteiger partial charge on any atom is -0.393 e. The maximum absolute atomic E-state index is 15.4. The van der Waals surface area contributed by atoms with E-state index in [1.807, 2.05) is 0 Å². The standard InChI is InChI=1S/C20H18ClF3N2O3/c21-12-5-10(13(22)7-14(12)23)17-16(24)11(19(3-4-19)18(25)28)6-15(26-17)20(29,8-27)9-1-2-9/h5-7,9,27,29H,1-4,8H2,(H2,25,28)/t20-/m1/s1. The number of hydrogen-bond donors (Lipinski definition) is 3. The van der Waals surface area contributed by atoms with E-state index in [0.717, 1.165) is 6.07 Å². The van der Waals surface area contributed by atoms with Crippen molar-refractivity contribution >= 4 is 17.5 Å². The third kappa shape index (κ3) is 3.10. The molecule has 4 rings (SSSR count). The summed E-state index contributed by atoms with van der Waals surface area (Å²) < 4.78 is 43.5. The van der Waals surface area contributed by atoms with Crippen LogP contribution in [0.15, 0.2) is 18.2 Å². The van der Waals surface area contributed by atoms with E-state index in [1.165, 1.54) is 6.07 Å². The Bertz CT molecular complexity index is 1020. The molecule has 9 heteroatoms. The van der Waals surface area contributed by atoms with Gasteiger partial charge in [-0.1, -0.05) is 11.6 Å². The molecule has 2 aliphatic rings. The molecule has 2 aliphatic carbocycles. The fourth-order valence-corrected chi connectivity index (χ4v) is 3.90. The number of halogens is 4. The molecule has 2 fully saturated rings. The molecule has 1 heterocycles. The van der Waals surface area contributed by atoms with Gasteiger partial charge >= 0.3 is 0 Å². The number of aromatic nitrogens is 1. The molecular formula is C20H18ClF3N2O3. The highest BCUT2D eigenvalue weighted by atomic mass is 35.5. The number of aliphatic hydroxyl groups is 2. The van der Waals surface area contributed by atoms with E-state index in [-0.39, 0.29) is 30.0 Å². The van der Waals surface area contributed by atoms with Gasteiger partial charge in [0.1, 0.15) is 22.9 Å². The summed E-state index contributed by atoms with van der Waals surface area (Å²) in [6.07, 6.45) is 1.82. The maximum Gasteiger partial charge on any atom is 0.228 e. The van der Waals surface area contributed by atoms with Gasteiger partial charge in [-0.2, -0.15) is 0 Å². The first kappa shape index (κ1) is 20.1. The summed E-state index contributed by atoms with van der Waals surface area (Å²) in [6.45, 7) is -0.689. The van der Waals surface area contributed by atoms with Crippen molar-refractivity contribution in [3.05, 3.63) is 51.9 Å². The van der Waals surface area contributed by atoms with Gasteiger partial charge in [-0.25, -0.2) is 18.2 Å². The third-order valence-electron chi connectivity index (χ3n) is 5.90. The fraction of sp³-hybridized carbons (Fsp3) is 0.400. The molecule has 0 aliphatic heterocycles. The summed E-state index contributed by atoms with van der Waals surface area (Å²) in [5.41, 5.74) is 1.22. The lowest BCUT2D eigenvalue weighted by Gasteiger charge is -2.27. The van der Waals surface area contributed by atoms with Crippen LogP contribution in [0.4, 0.5) is 13.2 Å². The Hall–Kier alpha value is -2.16. The SMILES string of the molecule is NC(=O)C1(c2cc([C@@](O)(CO)C3CC3)nc(-c3cc(Cl)c(F)cc3F)c2F)CC1. The van der Waals surface area contributed by atoms with E-state index in [9.17, 15) is 23.8 Å². The molecule has 0 radical (unpaired) electrons. The summed E-state index contributed by atoms with van der Waals surface area (Å²) >= 11 is 5.74. The lowest BCUT2D eigenvalue weighted by Crippen LogP contribution is -2.36. The van der Waals surface area contributed by atoms with E-state index < -0.39 is 57.3 Å². The Morgan fingerprint density at radius 3 is 2.41 bits per heavy atom. The normalized spacial score (nSPS) is 19.7. The Morgan fingerprint density at radius 1 is 1.24 bits per heavy atom. The molecule has 2 aromatic rings. The average molecular weight is 427 g/mol. The highest BCUT2D eigenvalue weighted by Crippen LogP contribution is 2.52. The summed E-state index contributed by atoms with van der Waals surface area (Å²) in [5, 5.41) is 20.4. The lowest BCUT2D eigenvalue weighted by atomic mass is 9.87. The van der Waals surface area contributed by atoms with E-state index in [0.29, 0.717) is 18.9 Å². The monoisotopic (exact) mass is 426 g/mol. The second-order valence-electron chi connectivity index (χ2n) is 7.77. The number of aliphatic hydroxyl groups excluding tert-OH is 1. The Kier molecular flexibility index (Phi) is 4.64. The fourth-order valence-electron chi connectivity index (χ4n) is 3.74. The first-order valence-electron chi connectivity index (χ1n) is 9.13. The van der Waals surface area contributed by atoms with Crippen LogP contribution in [0.5, 0.6) is 0 Å². The topological polar surface area (TPSA) is 96.4 Å². The molecule has 0 bridgehead atoms. The van der Waals surface area contributed by atoms with Crippen molar-refractivity contribution in [3.8, 4) is 11.3 Å². The van der Waals surface area contributed by atoms with Gasteiger partial charge in [-0.05, 0) is 43.7 Å². The minimum absolute atomic E-state index is 0.0960. The number of pyridine rings is 1. The molecule has 4 N–H and O–H groups in total. The van der Waals surface area contributed by atoms with Crippen molar-refractivity contribution in [2.45, 2.75) is 36.7 Å². The van der Waals surface area contributed by atoms with E-state index >= 15 is 4.39 Å². The van der Waals surface area contributed by atoms with Gasteiger partial charge in [0.2, 0.25) is 5.91 Å². The van der Waals surface area contributed by atoms with Crippen molar-refractivity contribution in [2.24, 2.45) is 11.7 Å². The zero-order chi connectivity index (χ0) is 21.1. The number of carbonyl (C=O) groups is 1. The summed E-state index contributed by atoms with van der Waals surface area (Å²) in [4.78, 5) is 16.1. The Morgan fingerprint density at radius 2 is 1.90 bits per heavy atom. The van der Waals surface area contributed by atoms with E-state index in [1.54, 1.807) is 0 Å². The van der Waals surface area contributed by atoms with Gasteiger partial charge in [-0.15, -0.1) is 0 Å². The molecule has 1 aromatic heterocycles. The number of hydrogen-bond acceptors (Lipinski definition) is 4. The van der Waals surface area contributed by atoms with Crippen LogP contribution in [0, 0.1) is 23.4 Å². The van der Waals surface area contributed by atoms with Gasteiger partial charge in [0.15, 0.2) is 5.82 Å². The van der Waals surface area contributed by atoms with E-state index in [2.05, 4.69) is 4.98 Å². The first-order chi connectivity index (χ1) is 13.6. The molecule has 0 unspecified atom stereocenters. The zero-order valence-corrected chi connectivity index (χ0v) is 15.9. The van der Waals surface area contributed by atoms with Crippen molar-refractivity contribution in [2.75, 3.05) is 6.61 Å². The Balaban J connectivity index is 2.00. The van der Waals surface area contributed by atoms with Gasteiger partial charge in [0.05, 0.1) is 22.7 Å². The molecule has 0 saturated heterocycles. The van der Waals surface area contributed by atoms with Crippen LogP contribution in [-0.4, -0.2) is 27.7 Å². The number of nitrogens with two attached hydrogens (primary N) is 1. The van der Waals surface area contributed by atoms with Crippen molar-refractivity contribution in [1.82, 2.24) is 4.98 Å². The van der Waals surface area contributed by atoms with Crippen LogP contribution in [0.25, 0.3) is 11.3 Å². The molecule has 1 atom stereocenters. The second kappa shape index (κ2) is 6.68. The largest absolute Gasteiger partial charge is 0.393 e. The molecule has 1 amide bonds. The van der Waals surface area contributed by atoms with Gasteiger partial charge in [0.25, 0.3) is 0 Å². The minimum atomic E-state index is -1.79. The molecule has 0 spiro atoms. The molecule has 154 valence electrons. The summed E-state index contributed by atoms with van der Waals surface area (Å²) in [5.74, 6) is -4.19. The number of nitrogens with zero attached hydrogens (tertiary/aromatic N) is 1. The van der Waals surface area contributed by atoms with Gasteiger partial charge < -0.3 is 15.9 Å². The first-order valence-corrected chi connectivity index (χ1v) is 9.51. The van der Waals surface area contributed by atoms with Crippen LogP contribution in [0.3, 0.4) is 0 Å². The predicted octanol–water partition coefficient (Wildman–Crippen LogP) is 2.93. The highest BCUT2D eigenvalue weighted by Gasteiger charge is 2.54. The molecule has 2 saturated carbocycles. The van der Waals surface area contributed by atoms with Gasteiger partial charge in [-0.3, -0.25) is 4.79 Å². The summed E-state index contributed by atoms with van der Waals surface area (Å²) in [6, 6.07) is 2.61. The van der Waals surface area contributed by atoms with Crippen molar-refractivity contribution in [1.29, 1.82) is 0 Å². The van der Waals surface area contributed by atoms with Crippen LogP contribution in [-0.2, 0) is 15.8 Å². The third-order valence-corrected chi connectivity index (χ3v) is 6.19. The maximum atomic E-state index is 15.4.